The maximum atomic E-state index is 11.9. The maximum Gasteiger partial charge on any atom is 0.238 e. The van der Waals surface area contributed by atoms with Crippen molar-refractivity contribution in [2.75, 3.05) is 19.6 Å². The van der Waals surface area contributed by atoms with Crippen molar-refractivity contribution in [3.8, 4) is 0 Å². The van der Waals surface area contributed by atoms with E-state index in [0.29, 0.717) is 12.0 Å². The van der Waals surface area contributed by atoms with Crippen molar-refractivity contribution in [3.63, 3.8) is 0 Å². The Labute approximate surface area is 146 Å². The molecule has 0 aromatic rings. The van der Waals surface area contributed by atoms with E-state index < -0.39 is 5.54 Å². The second-order valence-corrected chi connectivity index (χ2v) is 7.34. The van der Waals surface area contributed by atoms with Gasteiger partial charge in [-0.25, -0.2) is 0 Å². The van der Waals surface area contributed by atoms with Gasteiger partial charge in [0.05, 0.1) is 0 Å². The first-order valence-corrected chi connectivity index (χ1v) is 9.18. The van der Waals surface area contributed by atoms with E-state index in [-0.39, 0.29) is 18.3 Å². The molecule has 2 fully saturated rings. The molecule has 0 radical (unpaired) electrons. The molecule has 0 aromatic carbocycles. The van der Waals surface area contributed by atoms with Crippen LogP contribution < -0.4 is 11.1 Å². The first kappa shape index (κ1) is 18.8. The number of halogens is 1. The van der Waals surface area contributed by atoms with Crippen LogP contribution in [-0.4, -0.2) is 42.0 Å². The topological polar surface area (TPSA) is 58.4 Å². The zero-order valence-corrected chi connectivity index (χ0v) is 15.0. The van der Waals surface area contributed by atoms with Crippen LogP contribution in [0.2, 0.25) is 0 Å². The summed E-state index contributed by atoms with van der Waals surface area (Å²) in [5.74, 6) is 0.140. The number of allylic oxidation sites excluding steroid dienone is 1. The maximum absolute atomic E-state index is 11.9. The second-order valence-electron chi connectivity index (χ2n) is 7.34. The first-order valence-electron chi connectivity index (χ1n) is 9.18. The van der Waals surface area contributed by atoms with Crippen LogP contribution in [0.3, 0.4) is 0 Å². The molecule has 0 bridgehead atoms. The smallest absolute Gasteiger partial charge is 0.238 e. The minimum absolute atomic E-state index is 0. The summed E-state index contributed by atoms with van der Waals surface area (Å²) >= 11 is 0. The Morgan fingerprint density at radius 2 is 1.87 bits per heavy atom. The number of carbonyl (C=O) groups excluding carboxylic acids is 1. The summed E-state index contributed by atoms with van der Waals surface area (Å²) < 4.78 is 0. The van der Waals surface area contributed by atoms with Gasteiger partial charge in [0.15, 0.2) is 0 Å². The number of fused-ring (bicyclic) bond motifs is 2. The average molecular weight is 342 g/mol. The normalized spacial score (nSPS) is 37.4. The molecule has 2 aliphatic heterocycles. The predicted molar refractivity (Wildman–Crippen MR) is 96.7 cm³/mol. The Morgan fingerprint density at radius 3 is 2.70 bits per heavy atom. The standard InChI is InChI=1S/C18H31N3O.ClH/c19-17(22)18-13-15(18)9-6-4-2-1-3-5-7-11-21-12-8-10-16(21)14-20-18;/h6,9,15-16,20H,1-5,7-8,10-14H2,(H2,19,22);1H/b9-6-;. The highest BCUT2D eigenvalue weighted by Gasteiger charge is 2.57. The predicted octanol–water partition coefficient (Wildman–Crippen LogP) is 2.62. The van der Waals surface area contributed by atoms with Gasteiger partial charge >= 0.3 is 0 Å². The van der Waals surface area contributed by atoms with Crippen molar-refractivity contribution in [1.82, 2.24) is 10.2 Å². The second kappa shape index (κ2) is 8.50. The molecule has 1 aliphatic carbocycles. The molecule has 0 aromatic heterocycles. The molecule has 0 spiro atoms. The molecule has 23 heavy (non-hydrogen) atoms. The summed E-state index contributed by atoms with van der Waals surface area (Å²) in [4.78, 5) is 14.5. The van der Waals surface area contributed by atoms with Gasteiger partial charge in [0.2, 0.25) is 5.91 Å². The van der Waals surface area contributed by atoms with Crippen molar-refractivity contribution < 1.29 is 4.79 Å². The van der Waals surface area contributed by atoms with Gasteiger partial charge in [-0.2, -0.15) is 0 Å². The summed E-state index contributed by atoms with van der Waals surface area (Å²) in [7, 11) is 0. The Kier molecular flexibility index (Phi) is 6.93. The number of primary amides is 1. The summed E-state index contributed by atoms with van der Waals surface area (Å²) in [5.41, 5.74) is 5.24. The molecule has 1 saturated heterocycles. The van der Waals surface area contributed by atoms with Crippen molar-refractivity contribution in [2.45, 2.75) is 69.4 Å². The molecule has 1 saturated carbocycles. The molecule has 2 heterocycles. The Balaban J connectivity index is 0.00000192. The third-order valence-electron chi connectivity index (χ3n) is 5.79. The summed E-state index contributed by atoms with van der Waals surface area (Å²) in [6, 6.07) is 0.589. The van der Waals surface area contributed by atoms with E-state index >= 15 is 0 Å². The third kappa shape index (κ3) is 4.49. The minimum Gasteiger partial charge on any atom is -0.368 e. The average Bonchev–Trinajstić information content (AvgIpc) is 3.04. The lowest BCUT2D eigenvalue weighted by atomic mass is 10.1. The van der Waals surface area contributed by atoms with Crippen molar-refractivity contribution >= 4 is 18.3 Å². The summed E-state index contributed by atoms with van der Waals surface area (Å²) in [6.45, 7) is 3.35. The minimum atomic E-state index is -0.453. The van der Waals surface area contributed by atoms with Crippen LogP contribution >= 0.6 is 12.4 Å². The summed E-state index contributed by atoms with van der Waals surface area (Å²) in [6.07, 6.45) is 15.7. The monoisotopic (exact) mass is 341 g/mol. The molecular weight excluding hydrogens is 310 g/mol. The van der Waals surface area contributed by atoms with Crippen LogP contribution in [0, 0.1) is 5.92 Å². The highest BCUT2D eigenvalue weighted by molar-refractivity contribution is 5.89. The van der Waals surface area contributed by atoms with Gasteiger partial charge in [0, 0.05) is 18.5 Å². The van der Waals surface area contributed by atoms with Crippen LogP contribution in [0.1, 0.15) is 57.8 Å². The van der Waals surface area contributed by atoms with E-state index in [1.54, 1.807) is 0 Å². The van der Waals surface area contributed by atoms with Gasteiger partial charge in [-0.3, -0.25) is 9.69 Å². The largest absolute Gasteiger partial charge is 0.368 e. The molecule has 132 valence electrons. The molecule has 3 rings (SSSR count). The number of nitrogens with one attached hydrogen (secondary N) is 1. The highest BCUT2D eigenvalue weighted by Crippen LogP contribution is 2.44. The molecular formula is C18H32ClN3O. The highest BCUT2D eigenvalue weighted by atomic mass is 35.5. The van der Waals surface area contributed by atoms with Gasteiger partial charge in [0.1, 0.15) is 5.54 Å². The fraction of sp³-hybridized carbons (Fsp3) is 0.833. The Morgan fingerprint density at radius 1 is 1.13 bits per heavy atom. The molecule has 1 amide bonds. The molecule has 5 heteroatoms. The number of hydrogen-bond acceptors (Lipinski definition) is 3. The summed E-state index contributed by atoms with van der Waals surface area (Å²) in [5, 5.41) is 3.54. The quantitative estimate of drug-likeness (QED) is 0.721. The molecule has 3 atom stereocenters. The first-order chi connectivity index (χ1) is 10.7. The number of amides is 1. The van der Waals surface area contributed by atoms with Crippen molar-refractivity contribution in [1.29, 1.82) is 0 Å². The number of carbonyl (C=O) groups is 1. The van der Waals surface area contributed by atoms with Gasteiger partial charge in [-0.05, 0) is 51.6 Å². The Bertz CT molecular complexity index is 428. The fourth-order valence-corrected chi connectivity index (χ4v) is 4.18. The lowest BCUT2D eigenvalue weighted by molar-refractivity contribution is -0.121. The van der Waals surface area contributed by atoms with Crippen LogP contribution in [0.4, 0.5) is 0 Å². The number of nitrogens with two attached hydrogens (primary N) is 1. The van der Waals surface area contributed by atoms with E-state index in [1.165, 1.54) is 58.0 Å². The van der Waals surface area contributed by atoms with Crippen molar-refractivity contribution in [3.05, 3.63) is 12.2 Å². The number of nitrogens with zero attached hydrogens (tertiary/aromatic N) is 1. The van der Waals surface area contributed by atoms with E-state index in [0.717, 1.165) is 19.4 Å². The number of rotatable bonds is 1. The van der Waals surface area contributed by atoms with Crippen LogP contribution in [-0.2, 0) is 4.79 Å². The van der Waals surface area contributed by atoms with Crippen LogP contribution in [0.15, 0.2) is 12.2 Å². The molecule has 4 nitrogen and oxygen atoms in total. The lowest BCUT2D eigenvalue weighted by Gasteiger charge is -2.26. The van der Waals surface area contributed by atoms with Crippen LogP contribution in [0.5, 0.6) is 0 Å². The lowest BCUT2D eigenvalue weighted by Crippen LogP contribution is -2.50. The van der Waals surface area contributed by atoms with Gasteiger partial charge in [-0.15, -0.1) is 12.4 Å². The van der Waals surface area contributed by atoms with E-state index in [4.69, 9.17) is 5.73 Å². The zero-order chi connectivity index (χ0) is 15.4. The molecule has 3 unspecified atom stereocenters. The van der Waals surface area contributed by atoms with Crippen molar-refractivity contribution in [2.24, 2.45) is 11.7 Å². The van der Waals surface area contributed by atoms with E-state index in [2.05, 4.69) is 22.4 Å². The Hall–Kier alpha value is -0.580. The van der Waals surface area contributed by atoms with E-state index in [1.807, 2.05) is 0 Å². The van der Waals surface area contributed by atoms with E-state index in [9.17, 15) is 4.79 Å². The fourth-order valence-electron chi connectivity index (χ4n) is 4.18. The van der Waals surface area contributed by atoms with Gasteiger partial charge in [-0.1, -0.05) is 31.4 Å². The molecule has 3 aliphatic rings. The van der Waals surface area contributed by atoms with Gasteiger partial charge in [0.25, 0.3) is 0 Å². The SMILES string of the molecule is Cl.NC(=O)C12CC1/C=C\CCCCCCCN1CCCC1CN2. The van der Waals surface area contributed by atoms with Gasteiger partial charge < -0.3 is 11.1 Å². The third-order valence-corrected chi connectivity index (χ3v) is 5.79. The zero-order valence-electron chi connectivity index (χ0n) is 14.1. The number of hydrogen-bond donors (Lipinski definition) is 2. The molecule has 3 N–H and O–H groups in total. The van der Waals surface area contributed by atoms with Crippen LogP contribution in [0.25, 0.3) is 0 Å².